The maximum Gasteiger partial charge on any atom is 0.0628 e. The number of nitriles is 1. The third kappa shape index (κ3) is 2.81. The van der Waals surface area contributed by atoms with Crippen LogP contribution in [-0.4, -0.2) is 0 Å². The predicted octanol–water partition coefficient (Wildman–Crippen LogP) is 5.90. The van der Waals surface area contributed by atoms with Crippen molar-refractivity contribution in [3.8, 4) is 6.07 Å². The van der Waals surface area contributed by atoms with Crippen LogP contribution in [0.1, 0.15) is 68.4 Å². The molecule has 2 aromatic carbocycles. The van der Waals surface area contributed by atoms with Gasteiger partial charge in [-0.05, 0) is 46.6 Å². The van der Waals surface area contributed by atoms with Crippen molar-refractivity contribution < 1.29 is 0 Å². The molecule has 0 heterocycles. The molecule has 0 N–H and O–H groups in total. The van der Waals surface area contributed by atoms with E-state index in [0.29, 0.717) is 12.3 Å². The van der Waals surface area contributed by atoms with Crippen molar-refractivity contribution in [3.63, 3.8) is 0 Å². The summed E-state index contributed by atoms with van der Waals surface area (Å²) in [6.07, 6.45) is 7.38. The number of fused-ring (bicyclic) bond motifs is 1. The van der Waals surface area contributed by atoms with Crippen molar-refractivity contribution >= 4 is 10.8 Å². The van der Waals surface area contributed by atoms with Gasteiger partial charge in [0.05, 0.1) is 6.07 Å². The summed E-state index contributed by atoms with van der Waals surface area (Å²) in [7, 11) is 0. The predicted molar refractivity (Wildman–Crippen MR) is 88.4 cm³/mol. The van der Waals surface area contributed by atoms with Crippen LogP contribution < -0.4 is 0 Å². The molecule has 0 bridgehead atoms. The van der Waals surface area contributed by atoms with E-state index in [0.717, 1.165) is 5.92 Å². The lowest BCUT2D eigenvalue weighted by molar-refractivity contribution is 0.445. The van der Waals surface area contributed by atoms with Gasteiger partial charge in [0.15, 0.2) is 0 Å². The maximum absolute atomic E-state index is 8.98. The van der Waals surface area contributed by atoms with Crippen molar-refractivity contribution in [3.05, 3.63) is 47.5 Å². The normalized spacial score (nSPS) is 17.5. The first-order valence-corrected chi connectivity index (χ1v) is 8.19. The van der Waals surface area contributed by atoms with Gasteiger partial charge in [0.25, 0.3) is 0 Å². The van der Waals surface area contributed by atoms with Crippen molar-refractivity contribution in [1.82, 2.24) is 0 Å². The van der Waals surface area contributed by atoms with Crippen LogP contribution in [0.4, 0.5) is 0 Å². The lowest BCUT2D eigenvalue weighted by Gasteiger charge is -2.24. The highest BCUT2D eigenvalue weighted by molar-refractivity contribution is 5.89. The smallest absolute Gasteiger partial charge is 0.0628 e. The molecule has 21 heavy (non-hydrogen) atoms. The molecule has 1 nitrogen and oxygen atoms in total. The molecule has 1 aliphatic carbocycles. The van der Waals surface area contributed by atoms with Crippen LogP contribution >= 0.6 is 0 Å². The van der Waals surface area contributed by atoms with E-state index in [-0.39, 0.29) is 0 Å². The standard InChI is InChI=1S/C20H23N/c1-15(13-14-21)17-11-12-18(16-7-3-2-4-8-16)20-10-6-5-9-19(17)20/h5-6,9-12,15-16H,2-4,7-8,13H2,1H3. The molecule has 1 saturated carbocycles. The molecule has 1 unspecified atom stereocenters. The van der Waals surface area contributed by atoms with Gasteiger partial charge >= 0.3 is 0 Å². The molecule has 0 aliphatic heterocycles. The summed E-state index contributed by atoms with van der Waals surface area (Å²) < 4.78 is 0. The van der Waals surface area contributed by atoms with Crippen molar-refractivity contribution in [2.24, 2.45) is 0 Å². The number of rotatable bonds is 3. The summed E-state index contributed by atoms with van der Waals surface area (Å²) >= 11 is 0. The largest absolute Gasteiger partial charge is 0.198 e. The summed E-state index contributed by atoms with van der Waals surface area (Å²) in [6.45, 7) is 2.16. The van der Waals surface area contributed by atoms with Gasteiger partial charge in [-0.15, -0.1) is 0 Å². The molecule has 1 heteroatoms. The molecule has 2 aromatic rings. The molecule has 0 saturated heterocycles. The third-order valence-corrected chi connectivity index (χ3v) is 4.96. The Bertz CT molecular complexity index is 659. The van der Waals surface area contributed by atoms with Gasteiger partial charge in [0.1, 0.15) is 0 Å². The summed E-state index contributed by atoms with van der Waals surface area (Å²) in [5, 5.41) is 11.7. The van der Waals surface area contributed by atoms with Crippen molar-refractivity contribution in [1.29, 1.82) is 5.26 Å². The van der Waals surface area contributed by atoms with Crippen LogP contribution in [0.3, 0.4) is 0 Å². The minimum Gasteiger partial charge on any atom is -0.198 e. The van der Waals surface area contributed by atoms with E-state index < -0.39 is 0 Å². The Hall–Kier alpha value is -1.81. The Morgan fingerprint density at radius 3 is 2.48 bits per heavy atom. The van der Waals surface area contributed by atoms with Crippen molar-refractivity contribution in [2.45, 2.75) is 57.3 Å². The van der Waals surface area contributed by atoms with E-state index in [1.165, 1.54) is 54.0 Å². The second-order valence-corrected chi connectivity index (χ2v) is 6.39. The van der Waals surface area contributed by atoms with Crippen LogP contribution in [0.25, 0.3) is 10.8 Å². The average molecular weight is 277 g/mol. The first-order valence-electron chi connectivity index (χ1n) is 8.19. The maximum atomic E-state index is 8.98. The van der Waals surface area contributed by atoms with Gasteiger partial charge in [-0.25, -0.2) is 0 Å². The quantitative estimate of drug-likeness (QED) is 0.684. The zero-order valence-corrected chi connectivity index (χ0v) is 12.8. The zero-order valence-electron chi connectivity index (χ0n) is 12.8. The lowest BCUT2D eigenvalue weighted by atomic mass is 9.80. The van der Waals surface area contributed by atoms with E-state index in [9.17, 15) is 0 Å². The summed E-state index contributed by atoms with van der Waals surface area (Å²) in [5.74, 6) is 1.03. The third-order valence-electron chi connectivity index (χ3n) is 4.96. The summed E-state index contributed by atoms with van der Waals surface area (Å²) in [4.78, 5) is 0. The monoisotopic (exact) mass is 277 g/mol. The molecule has 0 spiro atoms. The van der Waals surface area contributed by atoms with Crippen LogP contribution in [0, 0.1) is 11.3 Å². The minimum atomic E-state index is 0.306. The van der Waals surface area contributed by atoms with E-state index in [2.05, 4.69) is 49.4 Å². The number of hydrogen-bond acceptors (Lipinski definition) is 1. The van der Waals surface area contributed by atoms with Crippen LogP contribution in [0.5, 0.6) is 0 Å². The molecule has 0 radical (unpaired) electrons. The SMILES string of the molecule is CC(CC#N)c1ccc(C2CCCCC2)c2ccccc12. The molecular formula is C20H23N. The van der Waals surface area contributed by atoms with Crippen molar-refractivity contribution in [2.75, 3.05) is 0 Å². The van der Waals surface area contributed by atoms with Crippen LogP contribution in [0.15, 0.2) is 36.4 Å². The molecule has 108 valence electrons. The summed E-state index contributed by atoms with van der Waals surface area (Å²) in [6, 6.07) is 15.7. The first-order chi connectivity index (χ1) is 10.3. The Kier molecular flexibility index (Phi) is 4.25. The summed E-state index contributed by atoms with van der Waals surface area (Å²) in [5.41, 5.74) is 2.85. The highest BCUT2D eigenvalue weighted by Crippen LogP contribution is 2.38. The van der Waals surface area contributed by atoms with E-state index in [4.69, 9.17) is 5.26 Å². The number of benzene rings is 2. The second kappa shape index (κ2) is 6.31. The number of nitrogens with zero attached hydrogens (tertiary/aromatic N) is 1. The highest BCUT2D eigenvalue weighted by atomic mass is 14.3. The van der Waals surface area contributed by atoms with Gasteiger partial charge in [-0.1, -0.05) is 62.6 Å². The Labute approximate surface area is 127 Å². The highest BCUT2D eigenvalue weighted by Gasteiger charge is 2.19. The Morgan fingerprint density at radius 2 is 1.76 bits per heavy atom. The zero-order chi connectivity index (χ0) is 14.7. The molecule has 1 atom stereocenters. The van der Waals surface area contributed by atoms with Crippen LogP contribution in [-0.2, 0) is 0 Å². The molecular weight excluding hydrogens is 254 g/mol. The minimum absolute atomic E-state index is 0.306. The van der Waals surface area contributed by atoms with E-state index in [1.807, 2.05) is 0 Å². The van der Waals surface area contributed by atoms with Gasteiger partial charge in [-0.3, -0.25) is 0 Å². The van der Waals surface area contributed by atoms with Gasteiger partial charge in [0.2, 0.25) is 0 Å². The van der Waals surface area contributed by atoms with Gasteiger partial charge < -0.3 is 0 Å². The fraction of sp³-hybridized carbons (Fsp3) is 0.450. The van der Waals surface area contributed by atoms with E-state index in [1.54, 1.807) is 0 Å². The lowest BCUT2D eigenvalue weighted by Crippen LogP contribution is -2.06. The number of hydrogen-bond donors (Lipinski definition) is 0. The molecule has 1 fully saturated rings. The second-order valence-electron chi connectivity index (χ2n) is 6.39. The fourth-order valence-corrected chi connectivity index (χ4v) is 3.79. The van der Waals surface area contributed by atoms with Gasteiger partial charge in [0, 0.05) is 6.42 Å². The van der Waals surface area contributed by atoms with Crippen LogP contribution in [0.2, 0.25) is 0 Å². The molecule has 1 aliphatic rings. The fourth-order valence-electron chi connectivity index (χ4n) is 3.79. The van der Waals surface area contributed by atoms with Gasteiger partial charge in [-0.2, -0.15) is 5.26 Å². The topological polar surface area (TPSA) is 23.8 Å². The first kappa shape index (κ1) is 14.1. The Morgan fingerprint density at radius 1 is 1.05 bits per heavy atom. The molecule has 3 rings (SSSR count). The Balaban J connectivity index is 2.08. The molecule has 0 amide bonds. The average Bonchev–Trinajstić information content (AvgIpc) is 2.55. The molecule has 0 aromatic heterocycles. The van der Waals surface area contributed by atoms with E-state index >= 15 is 0 Å².